The molecule has 3 rings (SSSR count). The highest BCUT2D eigenvalue weighted by molar-refractivity contribution is 6.32. The van der Waals surface area contributed by atoms with E-state index in [0.29, 0.717) is 10.6 Å². The number of fused-ring (bicyclic) bond motifs is 1. The van der Waals surface area contributed by atoms with Crippen molar-refractivity contribution in [3.05, 3.63) is 46.2 Å². The summed E-state index contributed by atoms with van der Waals surface area (Å²) < 4.78 is 1.95. The topological polar surface area (TPSA) is 53.6 Å². The van der Waals surface area contributed by atoms with Crippen LogP contribution in [0.3, 0.4) is 0 Å². The standard InChI is InChI=1S/C15H15ClN4/c1-20-15-4-2-3-14(12(15)9-18-20)19-11-6-5-10(8-17)13(16)7-11/h5-7,9,14,19H,2-4H2,1H3. The minimum absolute atomic E-state index is 0.261. The van der Waals surface area contributed by atoms with Gasteiger partial charge in [0.1, 0.15) is 6.07 Å². The zero-order chi connectivity index (χ0) is 14.1. The number of hydrogen-bond acceptors (Lipinski definition) is 3. The van der Waals surface area contributed by atoms with Crippen LogP contribution < -0.4 is 5.32 Å². The van der Waals surface area contributed by atoms with E-state index in [2.05, 4.69) is 16.5 Å². The van der Waals surface area contributed by atoms with Gasteiger partial charge in [-0.15, -0.1) is 0 Å². The molecule has 1 unspecified atom stereocenters. The van der Waals surface area contributed by atoms with E-state index in [9.17, 15) is 0 Å². The Hall–Kier alpha value is -1.99. The summed E-state index contributed by atoms with van der Waals surface area (Å²) in [5.74, 6) is 0. The van der Waals surface area contributed by atoms with Gasteiger partial charge in [0, 0.05) is 24.0 Å². The van der Waals surface area contributed by atoms with Gasteiger partial charge in [0.05, 0.1) is 22.8 Å². The molecule has 2 aromatic rings. The second kappa shape index (κ2) is 5.18. The highest BCUT2D eigenvalue weighted by atomic mass is 35.5. The van der Waals surface area contributed by atoms with Crippen LogP contribution >= 0.6 is 11.6 Å². The molecule has 1 atom stereocenters. The number of nitrogens with zero attached hydrogens (tertiary/aromatic N) is 3. The van der Waals surface area contributed by atoms with E-state index in [1.807, 2.05) is 30.1 Å². The number of aryl methyl sites for hydroxylation is 1. The van der Waals surface area contributed by atoms with Crippen LogP contribution in [-0.2, 0) is 13.5 Å². The summed E-state index contributed by atoms with van der Waals surface area (Å²) in [6.07, 6.45) is 5.25. The number of nitrogens with one attached hydrogen (secondary N) is 1. The van der Waals surface area contributed by atoms with Crippen LogP contribution in [0.5, 0.6) is 0 Å². The molecule has 1 aliphatic carbocycles. The van der Waals surface area contributed by atoms with E-state index < -0.39 is 0 Å². The second-order valence-electron chi connectivity index (χ2n) is 5.07. The Labute approximate surface area is 123 Å². The van der Waals surface area contributed by atoms with Crippen molar-refractivity contribution in [1.82, 2.24) is 9.78 Å². The molecule has 0 aliphatic heterocycles. The average molecular weight is 287 g/mol. The molecular formula is C15H15ClN4. The van der Waals surface area contributed by atoms with E-state index in [4.69, 9.17) is 16.9 Å². The third-order valence-corrected chi connectivity index (χ3v) is 4.12. The van der Waals surface area contributed by atoms with Crippen LogP contribution in [0.4, 0.5) is 5.69 Å². The maximum atomic E-state index is 8.90. The fraction of sp³-hybridized carbons (Fsp3) is 0.333. The Balaban J connectivity index is 1.86. The Morgan fingerprint density at radius 2 is 2.35 bits per heavy atom. The van der Waals surface area contributed by atoms with Gasteiger partial charge in [-0.1, -0.05) is 11.6 Å². The number of halogens is 1. The Bertz CT molecular complexity index is 684. The van der Waals surface area contributed by atoms with Gasteiger partial charge in [-0.2, -0.15) is 10.4 Å². The van der Waals surface area contributed by atoms with Crippen LogP contribution in [0.15, 0.2) is 24.4 Å². The molecule has 5 heteroatoms. The predicted molar refractivity (Wildman–Crippen MR) is 78.7 cm³/mol. The highest BCUT2D eigenvalue weighted by Gasteiger charge is 2.23. The van der Waals surface area contributed by atoms with E-state index in [0.717, 1.165) is 24.9 Å². The summed E-state index contributed by atoms with van der Waals surface area (Å²) in [4.78, 5) is 0. The molecule has 0 fully saturated rings. The summed E-state index contributed by atoms with van der Waals surface area (Å²) in [7, 11) is 1.99. The molecule has 1 aliphatic rings. The van der Waals surface area contributed by atoms with Crippen molar-refractivity contribution in [3.8, 4) is 6.07 Å². The fourth-order valence-corrected chi connectivity index (χ4v) is 2.98. The van der Waals surface area contributed by atoms with Gasteiger partial charge in [-0.05, 0) is 37.5 Å². The van der Waals surface area contributed by atoms with Crippen LogP contribution in [0, 0.1) is 11.3 Å². The Kier molecular flexibility index (Phi) is 3.37. The number of anilines is 1. The van der Waals surface area contributed by atoms with Gasteiger partial charge >= 0.3 is 0 Å². The third kappa shape index (κ3) is 2.25. The molecule has 0 spiro atoms. The monoisotopic (exact) mass is 286 g/mol. The lowest BCUT2D eigenvalue weighted by Gasteiger charge is -2.25. The van der Waals surface area contributed by atoms with E-state index in [-0.39, 0.29) is 6.04 Å². The first-order valence-electron chi connectivity index (χ1n) is 6.66. The van der Waals surface area contributed by atoms with Gasteiger partial charge in [-0.25, -0.2) is 0 Å². The number of aromatic nitrogens is 2. The molecular weight excluding hydrogens is 272 g/mol. The first kappa shape index (κ1) is 13.0. The van der Waals surface area contributed by atoms with Crippen molar-refractivity contribution in [2.24, 2.45) is 7.05 Å². The maximum absolute atomic E-state index is 8.90. The van der Waals surface area contributed by atoms with Gasteiger partial charge in [0.15, 0.2) is 0 Å². The van der Waals surface area contributed by atoms with Crippen molar-refractivity contribution >= 4 is 17.3 Å². The Morgan fingerprint density at radius 1 is 1.50 bits per heavy atom. The van der Waals surface area contributed by atoms with Gasteiger partial charge in [-0.3, -0.25) is 4.68 Å². The first-order chi connectivity index (χ1) is 9.69. The van der Waals surface area contributed by atoms with E-state index in [1.54, 1.807) is 6.07 Å². The van der Waals surface area contributed by atoms with Crippen molar-refractivity contribution in [2.75, 3.05) is 5.32 Å². The average Bonchev–Trinajstić information content (AvgIpc) is 2.82. The molecule has 0 radical (unpaired) electrons. The largest absolute Gasteiger partial charge is 0.378 e. The van der Waals surface area contributed by atoms with Gasteiger partial charge in [0.2, 0.25) is 0 Å². The summed E-state index contributed by atoms with van der Waals surface area (Å²) in [5.41, 5.74) is 4.01. The fourth-order valence-electron chi connectivity index (χ4n) is 2.75. The number of rotatable bonds is 2. The minimum atomic E-state index is 0.261. The molecule has 1 aromatic heterocycles. The Morgan fingerprint density at radius 3 is 3.10 bits per heavy atom. The van der Waals surface area contributed by atoms with Crippen molar-refractivity contribution in [3.63, 3.8) is 0 Å². The predicted octanol–water partition coefficient (Wildman–Crippen LogP) is 3.43. The number of nitriles is 1. The van der Waals surface area contributed by atoms with Gasteiger partial charge in [0.25, 0.3) is 0 Å². The van der Waals surface area contributed by atoms with Crippen LogP contribution in [0.25, 0.3) is 0 Å². The van der Waals surface area contributed by atoms with Crippen molar-refractivity contribution in [1.29, 1.82) is 5.26 Å². The molecule has 1 N–H and O–H groups in total. The SMILES string of the molecule is Cn1ncc2c1CCCC2Nc1ccc(C#N)c(Cl)c1. The molecule has 0 amide bonds. The molecule has 1 heterocycles. The molecule has 0 saturated heterocycles. The van der Waals surface area contributed by atoms with Crippen molar-refractivity contribution in [2.45, 2.75) is 25.3 Å². The number of hydrogen-bond donors (Lipinski definition) is 1. The third-order valence-electron chi connectivity index (χ3n) is 3.81. The highest BCUT2D eigenvalue weighted by Crippen LogP contribution is 2.33. The quantitative estimate of drug-likeness (QED) is 0.920. The summed E-state index contributed by atoms with van der Waals surface area (Å²) in [6, 6.07) is 7.79. The van der Waals surface area contributed by atoms with Crippen LogP contribution in [-0.4, -0.2) is 9.78 Å². The maximum Gasteiger partial charge on any atom is 0.101 e. The van der Waals surface area contributed by atoms with Crippen molar-refractivity contribution < 1.29 is 0 Å². The summed E-state index contributed by atoms with van der Waals surface area (Å²) in [5, 5.41) is 17.2. The normalized spacial score (nSPS) is 17.4. The number of benzene rings is 1. The minimum Gasteiger partial charge on any atom is -0.378 e. The summed E-state index contributed by atoms with van der Waals surface area (Å²) in [6.45, 7) is 0. The smallest absolute Gasteiger partial charge is 0.101 e. The summed E-state index contributed by atoms with van der Waals surface area (Å²) >= 11 is 6.07. The molecule has 102 valence electrons. The zero-order valence-electron chi connectivity index (χ0n) is 11.2. The lowest BCUT2D eigenvalue weighted by Crippen LogP contribution is -2.17. The molecule has 20 heavy (non-hydrogen) atoms. The van der Waals surface area contributed by atoms with Crippen LogP contribution in [0.2, 0.25) is 5.02 Å². The van der Waals surface area contributed by atoms with Gasteiger partial charge < -0.3 is 5.32 Å². The molecule has 1 aromatic carbocycles. The lowest BCUT2D eigenvalue weighted by molar-refractivity contribution is 0.571. The second-order valence-corrected chi connectivity index (χ2v) is 5.47. The molecule has 4 nitrogen and oxygen atoms in total. The zero-order valence-corrected chi connectivity index (χ0v) is 12.0. The van der Waals surface area contributed by atoms with E-state index in [1.165, 1.54) is 11.3 Å². The van der Waals surface area contributed by atoms with E-state index >= 15 is 0 Å². The molecule has 0 saturated carbocycles. The van der Waals surface area contributed by atoms with Crippen LogP contribution in [0.1, 0.15) is 35.7 Å². The lowest BCUT2D eigenvalue weighted by atomic mass is 9.93. The first-order valence-corrected chi connectivity index (χ1v) is 7.04. The molecule has 0 bridgehead atoms.